The van der Waals surface area contributed by atoms with E-state index >= 15 is 0 Å². The molecule has 0 spiro atoms. The Balaban J connectivity index is 2.12. The van der Waals surface area contributed by atoms with E-state index in [0.29, 0.717) is 5.69 Å². The Bertz CT molecular complexity index is 900. The minimum atomic E-state index is -3.62. The van der Waals surface area contributed by atoms with E-state index in [1.54, 1.807) is 36.4 Å². The van der Waals surface area contributed by atoms with Gasteiger partial charge in [-0.25, -0.2) is 8.42 Å². The van der Waals surface area contributed by atoms with E-state index in [9.17, 15) is 18.5 Å². The lowest BCUT2D eigenvalue weighted by Gasteiger charge is -2.23. The fraction of sp³-hybridized carbons (Fsp3) is 0.222. The molecule has 2 rings (SSSR count). The van der Waals surface area contributed by atoms with Gasteiger partial charge in [0.1, 0.15) is 6.07 Å². The van der Waals surface area contributed by atoms with E-state index in [1.807, 2.05) is 25.1 Å². The summed E-state index contributed by atoms with van der Waals surface area (Å²) in [6.45, 7) is 1.90. The average Bonchev–Trinajstić information content (AvgIpc) is 2.56. The fourth-order valence-corrected chi connectivity index (χ4v) is 3.25. The molecule has 0 aliphatic rings. The van der Waals surface area contributed by atoms with Gasteiger partial charge in [-0.2, -0.15) is 5.26 Å². The first kappa shape index (κ1) is 18.5. The monoisotopic (exact) mass is 357 g/mol. The lowest BCUT2D eigenvalue weighted by Crippen LogP contribution is -2.33. The third kappa shape index (κ3) is 5.06. The smallest absolute Gasteiger partial charge is 0.232 e. The highest BCUT2D eigenvalue weighted by atomic mass is 32.2. The van der Waals surface area contributed by atoms with Crippen molar-refractivity contribution < 1.29 is 13.2 Å². The van der Waals surface area contributed by atoms with Crippen LogP contribution >= 0.6 is 0 Å². The molecule has 130 valence electrons. The number of nitriles is 1. The molecule has 0 aliphatic carbocycles. The minimum absolute atomic E-state index is 0.0271. The largest absolute Gasteiger partial charge is 0.326 e. The molecule has 6 nitrogen and oxygen atoms in total. The average molecular weight is 357 g/mol. The number of carbonyl (C=O) groups excluding carboxylic acids is 1. The molecule has 0 heterocycles. The molecular weight excluding hydrogens is 338 g/mol. The van der Waals surface area contributed by atoms with Crippen LogP contribution < -0.4 is 9.62 Å². The number of hydrogen-bond donors (Lipinski definition) is 1. The highest BCUT2D eigenvalue weighted by Gasteiger charge is 2.21. The first-order chi connectivity index (χ1) is 11.8. The molecule has 2 aromatic carbocycles. The Labute approximate surface area is 147 Å². The lowest BCUT2D eigenvalue weighted by atomic mass is 10.2. The Morgan fingerprint density at radius 1 is 1.16 bits per heavy atom. The van der Waals surface area contributed by atoms with E-state index < -0.39 is 10.0 Å². The summed E-state index contributed by atoms with van der Waals surface area (Å²) >= 11 is 0. The van der Waals surface area contributed by atoms with Crippen LogP contribution in [-0.4, -0.2) is 27.1 Å². The number of carbonyl (C=O) groups is 1. The van der Waals surface area contributed by atoms with Crippen LogP contribution in [0.15, 0.2) is 48.5 Å². The van der Waals surface area contributed by atoms with Gasteiger partial charge in [-0.1, -0.05) is 29.8 Å². The molecule has 0 aromatic heterocycles. The minimum Gasteiger partial charge on any atom is -0.326 e. The van der Waals surface area contributed by atoms with Crippen molar-refractivity contribution >= 4 is 27.3 Å². The third-order valence-corrected chi connectivity index (χ3v) is 4.75. The van der Waals surface area contributed by atoms with Gasteiger partial charge in [0.25, 0.3) is 0 Å². The zero-order valence-electron chi connectivity index (χ0n) is 14.1. The second kappa shape index (κ2) is 7.81. The van der Waals surface area contributed by atoms with E-state index in [2.05, 4.69) is 5.32 Å². The zero-order chi connectivity index (χ0) is 18.4. The van der Waals surface area contributed by atoms with Crippen molar-refractivity contribution in [3.8, 4) is 6.07 Å². The normalized spacial score (nSPS) is 10.8. The molecule has 0 radical (unpaired) electrons. The quantitative estimate of drug-likeness (QED) is 0.860. The summed E-state index contributed by atoms with van der Waals surface area (Å²) in [4.78, 5) is 12.1. The van der Waals surface area contributed by atoms with Gasteiger partial charge in [-0.05, 0) is 31.2 Å². The van der Waals surface area contributed by atoms with Gasteiger partial charge in [-0.15, -0.1) is 0 Å². The SMILES string of the molecule is Cc1ccc(NC(=O)CCN(c2ccccc2C#N)S(C)(=O)=O)cc1. The standard InChI is InChI=1S/C18H19N3O3S/c1-14-7-9-16(10-8-14)20-18(22)11-12-21(25(2,23)24)17-6-4-3-5-15(17)13-19/h3-10H,11-12H2,1-2H3,(H,20,22). The number of rotatable bonds is 6. The van der Waals surface area contributed by atoms with Crippen molar-refractivity contribution in [3.05, 3.63) is 59.7 Å². The molecule has 0 atom stereocenters. The van der Waals surface area contributed by atoms with E-state index in [1.165, 1.54) is 0 Å². The van der Waals surface area contributed by atoms with E-state index in [-0.39, 0.29) is 30.1 Å². The topological polar surface area (TPSA) is 90.3 Å². The van der Waals surface area contributed by atoms with Crippen LogP contribution in [0.1, 0.15) is 17.5 Å². The number of nitrogens with one attached hydrogen (secondary N) is 1. The van der Waals surface area contributed by atoms with Crippen LogP contribution in [-0.2, 0) is 14.8 Å². The molecule has 0 bridgehead atoms. The van der Waals surface area contributed by atoms with E-state index in [0.717, 1.165) is 16.1 Å². The molecule has 2 aromatic rings. The molecule has 1 amide bonds. The van der Waals surface area contributed by atoms with Crippen LogP contribution in [0.4, 0.5) is 11.4 Å². The molecule has 0 saturated carbocycles. The van der Waals surface area contributed by atoms with Crippen molar-refractivity contribution in [2.75, 3.05) is 22.4 Å². The Morgan fingerprint density at radius 2 is 1.80 bits per heavy atom. The van der Waals surface area contributed by atoms with Gasteiger partial charge in [0.15, 0.2) is 0 Å². The highest BCUT2D eigenvalue weighted by molar-refractivity contribution is 7.92. The number of benzene rings is 2. The maximum atomic E-state index is 12.1. The first-order valence-electron chi connectivity index (χ1n) is 7.64. The number of para-hydroxylation sites is 1. The molecule has 25 heavy (non-hydrogen) atoms. The summed E-state index contributed by atoms with van der Waals surface area (Å²) in [7, 11) is -3.62. The Hall–Kier alpha value is -2.85. The molecule has 0 unspecified atom stereocenters. The molecular formula is C18H19N3O3S. The van der Waals surface area contributed by atoms with Gasteiger partial charge >= 0.3 is 0 Å². The lowest BCUT2D eigenvalue weighted by molar-refractivity contribution is -0.116. The molecule has 0 aliphatic heterocycles. The summed E-state index contributed by atoms with van der Waals surface area (Å²) < 4.78 is 25.3. The van der Waals surface area contributed by atoms with Gasteiger partial charge < -0.3 is 5.32 Å². The van der Waals surface area contributed by atoms with Gasteiger partial charge in [-0.3, -0.25) is 9.10 Å². The number of sulfonamides is 1. The summed E-state index contributed by atoms with van der Waals surface area (Å²) in [6, 6.07) is 15.7. The van der Waals surface area contributed by atoms with Crippen LogP contribution in [0.25, 0.3) is 0 Å². The van der Waals surface area contributed by atoms with Crippen LogP contribution in [0.2, 0.25) is 0 Å². The maximum absolute atomic E-state index is 12.1. The number of amides is 1. The van der Waals surface area contributed by atoms with Crippen LogP contribution in [0, 0.1) is 18.3 Å². The molecule has 1 N–H and O–H groups in total. The summed E-state index contributed by atoms with van der Waals surface area (Å²) in [5, 5.41) is 11.9. The van der Waals surface area contributed by atoms with Gasteiger partial charge in [0.05, 0.1) is 17.5 Å². The zero-order valence-corrected chi connectivity index (χ0v) is 14.9. The first-order valence-corrected chi connectivity index (χ1v) is 9.49. The highest BCUT2D eigenvalue weighted by Crippen LogP contribution is 2.22. The summed E-state index contributed by atoms with van der Waals surface area (Å²) in [5.41, 5.74) is 2.25. The number of hydrogen-bond acceptors (Lipinski definition) is 4. The summed E-state index contributed by atoms with van der Waals surface area (Å²) in [5.74, 6) is -0.299. The predicted octanol–water partition coefficient (Wildman–Crippen LogP) is 2.66. The van der Waals surface area contributed by atoms with Gasteiger partial charge in [0.2, 0.25) is 15.9 Å². The number of nitrogens with zero attached hydrogens (tertiary/aromatic N) is 2. The third-order valence-electron chi connectivity index (χ3n) is 3.57. The summed E-state index contributed by atoms with van der Waals surface area (Å²) in [6.07, 6.45) is 1.03. The van der Waals surface area contributed by atoms with Crippen molar-refractivity contribution in [1.82, 2.24) is 0 Å². The van der Waals surface area contributed by atoms with Crippen molar-refractivity contribution in [3.63, 3.8) is 0 Å². The van der Waals surface area contributed by atoms with Crippen LogP contribution in [0.5, 0.6) is 0 Å². The van der Waals surface area contributed by atoms with Crippen molar-refractivity contribution in [2.45, 2.75) is 13.3 Å². The molecule has 7 heteroatoms. The molecule has 0 saturated heterocycles. The van der Waals surface area contributed by atoms with Crippen molar-refractivity contribution in [1.29, 1.82) is 5.26 Å². The second-order valence-electron chi connectivity index (χ2n) is 5.63. The van der Waals surface area contributed by atoms with Gasteiger partial charge in [0, 0.05) is 18.7 Å². The Morgan fingerprint density at radius 3 is 2.40 bits per heavy atom. The van der Waals surface area contributed by atoms with Crippen molar-refractivity contribution in [2.24, 2.45) is 0 Å². The Kier molecular flexibility index (Phi) is 5.78. The maximum Gasteiger partial charge on any atom is 0.232 e. The predicted molar refractivity (Wildman–Crippen MR) is 97.8 cm³/mol. The second-order valence-corrected chi connectivity index (χ2v) is 7.54. The molecule has 0 fully saturated rings. The van der Waals surface area contributed by atoms with Crippen LogP contribution in [0.3, 0.4) is 0 Å². The number of anilines is 2. The number of aryl methyl sites for hydroxylation is 1. The fourth-order valence-electron chi connectivity index (χ4n) is 2.31. The van der Waals surface area contributed by atoms with E-state index in [4.69, 9.17) is 0 Å².